The fourth-order valence-electron chi connectivity index (χ4n) is 4.85. The number of para-hydroxylation sites is 1. The molecule has 1 aliphatic rings. The van der Waals surface area contributed by atoms with Gasteiger partial charge in [0.1, 0.15) is 28.7 Å². The van der Waals surface area contributed by atoms with Crippen LogP contribution >= 0.6 is 11.8 Å². The van der Waals surface area contributed by atoms with E-state index in [-0.39, 0.29) is 30.4 Å². The van der Waals surface area contributed by atoms with E-state index >= 15 is 0 Å². The average molecular weight is 576 g/mol. The lowest BCUT2D eigenvalue weighted by atomic mass is 10.1. The van der Waals surface area contributed by atoms with Gasteiger partial charge in [-0.05, 0) is 70.0 Å². The van der Waals surface area contributed by atoms with Crippen LogP contribution in [-0.2, 0) is 27.3 Å². The number of hydrogen-bond acceptors (Lipinski definition) is 7. The third kappa shape index (κ3) is 6.51. The van der Waals surface area contributed by atoms with Gasteiger partial charge >= 0.3 is 5.97 Å². The second-order valence-electron chi connectivity index (χ2n) is 9.34. The van der Waals surface area contributed by atoms with E-state index in [1.165, 1.54) is 11.8 Å². The van der Waals surface area contributed by atoms with Gasteiger partial charge in [-0.25, -0.2) is 9.79 Å². The molecular formula is C32H37N3O5S. The first-order valence-electron chi connectivity index (χ1n) is 14.1. The number of aliphatic imine (C=N–C) groups is 1. The predicted octanol–water partition coefficient (Wildman–Crippen LogP) is 6.66. The first kappa shape index (κ1) is 30.0. The van der Waals surface area contributed by atoms with Crippen LogP contribution in [0.1, 0.15) is 45.7 Å². The van der Waals surface area contributed by atoms with Gasteiger partial charge in [0.05, 0.1) is 29.3 Å². The summed E-state index contributed by atoms with van der Waals surface area (Å²) in [5.74, 6) is -0.0391. The zero-order chi connectivity index (χ0) is 29.5. The van der Waals surface area contributed by atoms with E-state index in [2.05, 4.69) is 18.0 Å². The van der Waals surface area contributed by atoms with Crippen molar-refractivity contribution < 1.29 is 24.2 Å². The van der Waals surface area contributed by atoms with Crippen molar-refractivity contribution in [1.29, 1.82) is 0 Å². The molecule has 1 aromatic heterocycles. The van der Waals surface area contributed by atoms with E-state index in [0.29, 0.717) is 35.3 Å². The summed E-state index contributed by atoms with van der Waals surface area (Å²) in [6, 6.07) is 13.3. The van der Waals surface area contributed by atoms with Gasteiger partial charge in [-0.3, -0.25) is 4.79 Å². The number of nitrogens with zero attached hydrogens (tertiary/aromatic N) is 3. The van der Waals surface area contributed by atoms with Crippen molar-refractivity contribution in [3.05, 3.63) is 76.0 Å². The molecule has 0 saturated carbocycles. The second-order valence-corrected chi connectivity index (χ2v) is 10.4. The number of carbonyl (C=O) groups excluding carboxylic acids is 2. The fourth-order valence-corrected chi connectivity index (χ4v) is 5.87. The number of aliphatic hydroxyl groups is 1. The summed E-state index contributed by atoms with van der Waals surface area (Å²) >= 11 is 1.21. The van der Waals surface area contributed by atoms with Crippen molar-refractivity contribution in [3.63, 3.8) is 0 Å². The maximum absolute atomic E-state index is 13.0. The Morgan fingerprint density at radius 3 is 2.39 bits per heavy atom. The monoisotopic (exact) mass is 575 g/mol. The Bertz CT molecular complexity index is 1510. The standard InChI is InChI=1S/C32H37N3O5S/c1-6-21-12-11-13-25-22(19-35(29(21)25)20-27(36)34(7-2)8-3)18-26-30(37)28(32(38)40-10-5)31(41-26)33-23-14-16-24(17-15-23)39-9-4/h11-19,37H,6-10,20H2,1-5H3/b26-18-,33-31?. The maximum Gasteiger partial charge on any atom is 0.344 e. The number of esters is 1. The lowest BCUT2D eigenvalue weighted by Gasteiger charge is -2.19. The molecule has 41 heavy (non-hydrogen) atoms. The first-order valence-corrected chi connectivity index (χ1v) is 14.9. The zero-order valence-electron chi connectivity index (χ0n) is 24.3. The predicted molar refractivity (Wildman–Crippen MR) is 166 cm³/mol. The van der Waals surface area contributed by atoms with Crippen LogP contribution in [-0.4, -0.2) is 57.8 Å². The first-order chi connectivity index (χ1) is 19.8. The van der Waals surface area contributed by atoms with Crippen LogP contribution in [0.4, 0.5) is 5.69 Å². The van der Waals surface area contributed by atoms with E-state index in [4.69, 9.17) is 9.47 Å². The molecule has 3 aromatic rings. The number of aromatic nitrogens is 1. The number of thioether (sulfide) groups is 1. The molecule has 0 bridgehead atoms. The van der Waals surface area contributed by atoms with Crippen LogP contribution in [0.2, 0.25) is 0 Å². The van der Waals surface area contributed by atoms with Crippen molar-refractivity contribution in [1.82, 2.24) is 9.47 Å². The summed E-state index contributed by atoms with van der Waals surface area (Å²) in [5.41, 5.74) is 3.60. The highest BCUT2D eigenvalue weighted by Gasteiger charge is 2.33. The van der Waals surface area contributed by atoms with Crippen molar-refractivity contribution in [2.45, 2.75) is 47.6 Å². The number of fused-ring (bicyclic) bond motifs is 1. The second kappa shape index (κ2) is 13.6. The SMILES string of the molecule is CCOC(=O)C1=C(O)/C(=C/c2cn(CC(=O)N(CC)CC)c3c(CC)cccc23)SC1=Nc1ccc(OCC)cc1. The molecule has 0 aliphatic carbocycles. The lowest BCUT2D eigenvalue weighted by molar-refractivity contribution is -0.138. The molecule has 8 nitrogen and oxygen atoms in total. The Morgan fingerprint density at radius 2 is 1.76 bits per heavy atom. The molecule has 2 aromatic carbocycles. The van der Waals surface area contributed by atoms with Crippen molar-refractivity contribution in [3.8, 4) is 5.75 Å². The molecular weight excluding hydrogens is 538 g/mol. The molecule has 1 amide bonds. The number of aryl methyl sites for hydroxylation is 1. The van der Waals surface area contributed by atoms with Crippen LogP contribution < -0.4 is 4.74 Å². The van der Waals surface area contributed by atoms with Crippen molar-refractivity contribution >= 4 is 51.3 Å². The van der Waals surface area contributed by atoms with Crippen molar-refractivity contribution in [2.24, 2.45) is 4.99 Å². The number of ether oxygens (including phenoxy) is 2. The number of aliphatic hydroxyl groups excluding tert-OH is 1. The third-order valence-electron chi connectivity index (χ3n) is 6.85. The number of likely N-dealkylation sites (N-methyl/N-ethyl adjacent to an activating group) is 1. The van der Waals surface area contributed by atoms with Crippen LogP contribution in [0, 0.1) is 0 Å². The summed E-state index contributed by atoms with van der Waals surface area (Å²) in [6.45, 7) is 11.9. The van der Waals surface area contributed by atoms with Gasteiger partial charge in [-0.2, -0.15) is 0 Å². The van der Waals surface area contributed by atoms with E-state index in [0.717, 1.165) is 34.2 Å². The molecule has 0 atom stereocenters. The lowest BCUT2D eigenvalue weighted by Crippen LogP contribution is -2.33. The Balaban J connectivity index is 1.79. The van der Waals surface area contributed by atoms with Crippen LogP contribution in [0.3, 0.4) is 0 Å². The summed E-state index contributed by atoms with van der Waals surface area (Å²) in [6.07, 6.45) is 4.60. The van der Waals surface area contributed by atoms with Crippen LogP contribution in [0.25, 0.3) is 17.0 Å². The quantitative estimate of drug-likeness (QED) is 0.257. The van der Waals surface area contributed by atoms with Crippen LogP contribution in [0.5, 0.6) is 5.75 Å². The Labute approximate surface area is 245 Å². The third-order valence-corrected chi connectivity index (χ3v) is 7.87. The molecule has 0 radical (unpaired) electrons. The number of benzene rings is 2. The normalized spacial score (nSPS) is 15.2. The molecule has 0 fully saturated rings. The maximum atomic E-state index is 13.0. The van der Waals surface area contributed by atoms with E-state index in [1.54, 1.807) is 19.1 Å². The number of hydrogen-bond donors (Lipinski definition) is 1. The molecule has 0 unspecified atom stereocenters. The van der Waals surface area contributed by atoms with Crippen molar-refractivity contribution in [2.75, 3.05) is 26.3 Å². The fraction of sp³-hybridized carbons (Fsp3) is 0.344. The minimum absolute atomic E-state index is 0.0340. The van der Waals surface area contributed by atoms with Gasteiger partial charge in [0.2, 0.25) is 5.91 Å². The van der Waals surface area contributed by atoms with Gasteiger partial charge in [0, 0.05) is 30.2 Å². The number of amides is 1. The minimum Gasteiger partial charge on any atom is -0.506 e. The molecule has 1 aliphatic heterocycles. The smallest absolute Gasteiger partial charge is 0.344 e. The molecule has 9 heteroatoms. The summed E-state index contributed by atoms with van der Waals surface area (Å²) in [4.78, 5) is 32.9. The Hall–Kier alpha value is -3.98. The topological polar surface area (TPSA) is 93.4 Å². The van der Waals surface area contributed by atoms with Gasteiger partial charge < -0.3 is 24.0 Å². The van der Waals surface area contributed by atoms with Gasteiger partial charge in [0.15, 0.2) is 0 Å². The molecule has 216 valence electrons. The Kier molecular flexibility index (Phi) is 9.94. The average Bonchev–Trinajstić information content (AvgIpc) is 3.47. The summed E-state index contributed by atoms with van der Waals surface area (Å²) in [5, 5.41) is 12.6. The summed E-state index contributed by atoms with van der Waals surface area (Å²) in [7, 11) is 0. The van der Waals surface area contributed by atoms with Gasteiger partial charge in [-0.1, -0.05) is 36.9 Å². The molecule has 2 heterocycles. The van der Waals surface area contributed by atoms with E-state index < -0.39 is 5.97 Å². The highest BCUT2D eigenvalue weighted by molar-refractivity contribution is 8.18. The number of carbonyl (C=O) groups is 2. The van der Waals surface area contributed by atoms with Crippen LogP contribution in [0.15, 0.2) is 69.9 Å². The largest absolute Gasteiger partial charge is 0.506 e. The molecule has 4 rings (SSSR count). The van der Waals surface area contributed by atoms with E-state index in [1.807, 2.05) is 66.8 Å². The number of rotatable bonds is 11. The highest BCUT2D eigenvalue weighted by atomic mass is 32.2. The Morgan fingerprint density at radius 1 is 1.02 bits per heavy atom. The highest BCUT2D eigenvalue weighted by Crippen LogP contribution is 2.41. The molecule has 0 spiro atoms. The summed E-state index contributed by atoms with van der Waals surface area (Å²) < 4.78 is 12.8. The molecule has 0 saturated heterocycles. The zero-order valence-corrected chi connectivity index (χ0v) is 25.1. The van der Waals surface area contributed by atoms with E-state index in [9.17, 15) is 14.7 Å². The van der Waals surface area contributed by atoms with Gasteiger partial charge in [0.25, 0.3) is 0 Å². The minimum atomic E-state index is -0.633. The molecule has 1 N–H and O–H groups in total. The van der Waals surface area contributed by atoms with Gasteiger partial charge in [-0.15, -0.1) is 0 Å².